The standard InChI is InChI=1S/C18H28F3N3O2/c1-11-15(22)16(18(19,20)21)23-24(11)10-13-7-5-12(6-8-13)9-14(25)26-17(2,3)4/h12-13H,5-10,22H2,1-4H3. The molecule has 0 aliphatic heterocycles. The van der Waals surface area contributed by atoms with Gasteiger partial charge in [0.05, 0.1) is 11.4 Å². The fourth-order valence-electron chi connectivity index (χ4n) is 3.43. The predicted octanol–water partition coefficient (Wildman–Crippen LogP) is 4.33. The summed E-state index contributed by atoms with van der Waals surface area (Å²) in [5, 5.41) is 3.67. The van der Waals surface area contributed by atoms with Gasteiger partial charge < -0.3 is 10.5 Å². The summed E-state index contributed by atoms with van der Waals surface area (Å²) in [7, 11) is 0. The van der Waals surface area contributed by atoms with E-state index in [1.54, 1.807) is 6.92 Å². The summed E-state index contributed by atoms with van der Waals surface area (Å²) < 4.78 is 45.5. The predicted molar refractivity (Wildman–Crippen MR) is 92.3 cm³/mol. The molecular formula is C18H28F3N3O2. The van der Waals surface area contributed by atoms with Gasteiger partial charge in [-0.1, -0.05) is 0 Å². The normalized spacial score (nSPS) is 21.7. The molecule has 0 atom stereocenters. The molecule has 1 saturated carbocycles. The molecule has 1 heterocycles. The summed E-state index contributed by atoms with van der Waals surface area (Å²) in [5.41, 5.74) is 4.14. The van der Waals surface area contributed by atoms with Gasteiger partial charge in [0.25, 0.3) is 0 Å². The third-order valence-corrected chi connectivity index (χ3v) is 4.79. The highest BCUT2D eigenvalue weighted by molar-refractivity contribution is 5.70. The minimum atomic E-state index is -4.54. The molecule has 0 saturated heterocycles. The van der Waals surface area contributed by atoms with Crippen LogP contribution >= 0.6 is 0 Å². The number of carbonyl (C=O) groups excluding carboxylic acids is 1. The Morgan fingerprint density at radius 1 is 1.19 bits per heavy atom. The van der Waals surface area contributed by atoms with Crippen LogP contribution in [0.3, 0.4) is 0 Å². The third-order valence-electron chi connectivity index (χ3n) is 4.79. The number of hydrogen-bond acceptors (Lipinski definition) is 4. The quantitative estimate of drug-likeness (QED) is 0.795. The lowest BCUT2D eigenvalue weighted by atomic mass is 9.80. The molecule has 1 aromatic rings. The summed E-state index contributed by atoms with van der Waals surface area (Å²) in [5.74, 6) is 0.325. The summed E-state index contributed by atoms with van der Waals surface area (Å²) in [6.45, 7) is 7.51. The Bertz CT molecular complexity index is 639. The van der Waals surface area contributed by atoms with Gasteiger partial charge in [0.15, 0.2) is 5.69 Å². The van der Waals surface area contributed by atoms with E-state index in [0.717, 1.165) is 25.7 Å². The number of carbonyl (C=O) groups is 1. The molecule has 2 rings (SSSR count). The van der Waals surface area contributed by atoms with Gasteiger partial charge in [0, 0.05) is 13.0 Å². The minimum Gasteiger partial charge on any atom is -0.460 e. The monoisotopic (exact) mass is 375 g/mol. The maximum Gasteiger partial charge on any atom is 0.437 e. The third kappa shape index (κ3) is 5.38. The molecule has 148 valence electrons. The highest BCUT2D eigenvalue weighted by Gasteiger charge is 2.38. The maximum atomic E-state index is 12.9. The van der Waals surface area contributed by atoms with Gasteiger partial charge in [-0.15, -0.1) is 0 Å². The van der Waals surface area contributed by atoms with Gasteiger partial charge >= 0.3 is 12.1 Å². The van der Waals surface area contributed by atoms with Crippen LogP contribution in [0.25, 0.3) is 0 Å². The first-order valence-corrected chi connectivity index (χ1v) is 8.98. The van der Waals surface area contributed by atoms with Crippen molar-refractivity contribution in [2.24, 2.45) is 11.8 Å². The molecule has 0 bridgehead atoms. The zero-order valence-corrected chi connectivity index (χ0v) is 15.8. The highest BCUT2D eigenvalue weighted by Crippen LogP contribution is 2.36. The Hall–Kier alpha value is -1.73. The number of nitrogen functional groups attached to an aromatic ring is 1. The van der Waals surface area contributed by atoms with Crippen molar-refractivity contribution >= 4 is 11.7 Å². The number of alkyl halides is 3. The molecule has 5 nitrogen and oxygen atoms in total. The molecule has 1 aromatic heterocycles. The van der Waals surface area contributed by atoms with E-state index in [0.29, 0.717) is 18.7 Å². The van der Waals surface area contributed by atoms with E-state index in [1.807, 2.05) is 20.8 Å². The summed E-state index contributed by atoms with van der Waals surface area (Å²) in [4.78, 5) is 11.9. The van der Waals surface area contributed by atoms with Crippen LogP contribution in [0.15, 0.2) is 0 Å². The summed E-state index contributed by atoms with van der Waals surface area (Å²) in [6.07, 6.45) is -0.694. The Balaban J connectivity index is 1.89. The summed E-state index contributed by atoms with van der Waals surface area (Å²) in [6, 6.07) is 0. The molecule has 1 aliphatic carbocycles. The van der Waals surface area contributed by atoms with Crippen molar-refractivity contribution in [2.45, 2.75) is 78.1 Å². The number of ether oxygens (including phenoxy) is 1. The van der Waals surface area contributed by atoms with Crippen LogP contribution in [0.2, 0.25) is 0 Å². The number of esters is 1. The van der Waals surface area contributed by atoms with Crippen molar-refractivity contribution in [3.63, 3.8) is 0 Å². The number of hydrogen-bond donors (Lipinski definition) is 1. The Labute approximate surface area is 152 Å². The molecule has 8 heteroatoms. The van der Waals surface area contributed by atoms with Crippen molar-refractivity contribution in [1.29, 1.82) is 0 Å². The van der Waals surface area contributed by atoms with Crippen molar-refractivity contribution < 1.29 is 22.7 Å². The van der Waals surface area contributed by atoms with Crippen molar-refractivity contribution in [3.8, 4) is 0 Å². The van der Waals surface area contributed by atoms with Gasteiger partial charge in [-0.05, 0) is 65.2 Å². The SMILES string of the molecule is Cc1c(N)c(C(F)(F)F)nn1CC1CCC(CC(=O)OC(C)(C)C)CC1. The van der Waals surface area contributed by atoms with Crippen LogP contribution in [-0.4, -0.2) is 21.4 Å². The fourth-order valence-corrected chi connectivity index (χ4v) is 3.43. The van der Waals surface area contributed by atoms with E-state index < -0.39 is 17.5 Å². The van der Waals surface area contributed by atoms with E-state index in [9.17, 15) is 18.0 Å². The lowest BCUT2D eigenvalue weighted by Gasteiger charge is -2.29. The molecule has 1 aliphatic rings. The average Bonchev–Trinajstić information content (AvgIpc) is 2.75. The fraction of sp³-hybridized carbons (Fsp3) is 0.778. The number of halogens is 3. The van der Waals surface area contributed by atoms with E-state index in [1.165, 1.54) is 4.68 Å². The van der Waals surface area contributed by atoms with E-state index in [-0.39, 0.29) is 23.5 Å². The molecule has 0 amide bonds. The second-order valence-corrected chi connectivity index (χ2v) is 8.20. The molecule has 0 radical (unpaired) electrons. The lowest BCUT2D eigenvalue weighted by molar-refractivity contribution is -0.156. The molecule has 0 spiro atoms. The van der Waals surface area contributed by atoms with Crippen LogP contribution in [0.4, 0.5) is 18.9 Å². The molecule has 26 heavy (non-hydrogen) atoms. The second kappa shape index (κ2) is 7.48. The van der Waals surface area contributed by atoms with Gasteiger partial charge in [-0.25, -0.2) is 0 Å². The summed E-state index contributed by atoms with van der Waals surface area (Å²) >= 11 is 0. The van der Waals surface area contributed by atoms with Crippen molar-refractivity contribution in [2.75, 3.05) is 5.73 Å². The molecule has 1 fully saturated rings. The Morgan fingerprint density at radius 3 is 2.19 bits per heavy atom. The van der Waals surface area contributed by atoms with Crippen LogP contribution < -0.4 is 5.73 Å². The van der Waals surface area contributed by atoms with E-state index in [4.69, 9.17) is 10.5 Å². The number of aromatic nitrogens is 2. The number of rotatable bonds is 4. The zero-order chi connectivity index (χ0) is 19.7. The lowest BCUT2D eigenvalue weighted by Crippen LogP contribution is -2.27. The second-order valence-electron chi connectivity index (χ2n) is 8.20. The average molecular weight is 375 g/mol. The van der Waals surface area contributed by atoms with Crippen molar-refractivity contribution in [3.05, 3.63) is 11.4 Å². The van der Waals surface area contributed by atoms with Gasteiger partial charge in [-0.3, -0.25) is 9.48 Å². The minimum absolute atomic E-state index is 0.188. The number of nitrogens with zero attached hydrogens (tertiary/aromatic N) is 2. The van der Waals surface area contributed by atoms with Crippen LogP contribution in [-0.2, 0) is 22.3 Å². The zero-order valence-electron chi connectivity index (χ0n) is 15.8. The topological polar surface area (TPSA) is 70.1 Å². The first-order valence-electron chi connectivity index (χ1n) is 8.98. The van der Waals surface area contributed by atoms with Gasteiger partial charge in [-0.2, -0.15) is 18.3 Å². The molecule has 0 unspecified atom stereocenters. The molecule has 0 aromatic carbocycles. The Kier molecular flexibility index (Phi) is 5.92. The van der Waals surface area contributed by atoms with Gasteiger partial charge in [0.1, 0.15) is 5.60 Å². The smallest absolute Gasteiger partial charge is 0.437 e. The largest absolute Gasteiger partial charge is 0.460 e. The van der Waals surface area contributed by atoms with Crippen molar-refractivity contribution in [1.82, 2.24) is 9.78 Å². The van der Waals surface area contributed by atoms with Crippen LogP contribution in [0.1, 0.15) is 64.3 Å². The van der Waals surface area contributed by atoms with E-state index >= 15 is 0 Å². The first kappa shape index (κ1) is 20.6. The number of anilines is 1. The van der Waals surface area contributed by atoms with Crippen LogP contribution in [0.5, 0.6) is 0 Å². The Morgan fingerprint density at radius 2 is 1.73 bits per heavy atom. The van der Waals surface area contributed by atoms with E-state index in [2.05, 4.69) is 5.10 Å². The maximum absolute atomic E-state index is 12.9. The van der Waals surface area contributed by atoms with Gasteiger partial charge in [0.2, 0.25) is 0 Å². The highest BCUT2D eigenvalue weighted by atomic mass is 19.4. The number of nitrogens with two attached hydrogens (primary N) is 1. The first-order chi connectivity index (χ1) is 11.9. The molecule has 2 N–H and O–H groups in total. The van der Waals surface area contributed by atoms with Crippen LogP contribution in [0, 0.1) is 18.8 Å². The molecular weight excluding hydrogens is 347 g/mol.